The van der Waals surface area contributed by atoms with Crippen LogP contribution < -0.4 is 11.5 Å². The van der Waals surface area contributed by atoms with Gasteiger partial charge in [0, 0.05) is 0 Å². The third-order valence-corrected chi connectivity index (χ3v) is 1.58. The molecule has 0 aliphatic heterocycles. The molecular formula is C6H15ClN2O4. The van der Waals surface area contributed by atoms with Gasteiger partial charge in [0.25, 0.3) is 0 Å². The minimum Gasteiger partial charge on any atom is -0.394 e. The summed E-state index contributed by atoms with van der Waals surface area (Å²) in [6.07, 6.45) is -2.39. The number of halogens is 1. The summed E-state index contributed by atoms with van der Waals surface area (Å²) in [5.41, 5.74) is 10.4. The van der Waals surface area contributed by atoms with Gasteiger partial charge in [0.05, 0.1) is 24.8 Å². The predicted molar refractivity (Wildman–Crippen MR) is 48.4 cm³/mol. The second-order valence-corrected chi connectivity index (χ2v) is 2.53. The number of carbonyl (C=O) groups excluding carboxylic acids is 1. The zero-order valence-corrected chi connectivity index (χ0v) is 7.72. The number of hydrogen-bond donors (Lipinski definition) is 5. The molecule has 13 heavy (non-hydrogen) atoms. The number of aliphatic hydroxyl groups is 3. The Kier molecular flexibility index (Phi) is 8.43. The van der Waals surface area contributed by atoms with Crippen molar-refractivity contribution < 1.29 is 20.1 Å². The molecule has 0 rings (SSSR count). The highest BCUT2D eigenvalue weighted by atomic mass is 35.5. The Balaban J connectivity index is 0. The van der Waals surface area contributed by atoms with Crippen molar-refractivity contribution in [3.05, 3.63) is 0 Å². The lowest BCUT2D eigenvalue weighted by atomic mass is 10.0. The molecule has 0 bridgehead atoms. The van der Waals surface area contributed by atoms with Crippen LogP contribution in [0.3, 0.4) is 0 Å². The maximum absolute atomic E-state index is 10.1. The summed E-state index contributed by atoms with van der Waals surface area (Å²) in [6.45, 7) is -0.625. The van der Waals surface area contributed by atoms with Gasteiger partial charge in [0.2, 0.25) is 0 Å². The molecule has 0 radical (unpaired) electrons. The molecule has 7 N–H and O–H groups in total. The first-order chi connectivity index (χ1) is 5.54. The average Bonchev–Trinajstić information content (AvgIpc) is 2.12. The molecule has 0 fully saturated rings. The molecule has 0 aliphatic carbocycles. The smallest absolute Gasteiger partial charge is 0.138 e. The number of aldehydes is 1. The van der Waals surface area contributed by atoms with Gasteiger partial charge in [-0.2, -0.15) is 0 Å². The van der Waals surface area contributed by atoms with E-state index in [4.69, 9.17) is 26.8 Å². The fourth-order valence-electron chi connectivity index (χ4n) is 0.683. The number of rotatable bonds is 5. The molecule has 6 nitrogen and oxygen atoms in total. The molecule has 0 aromatic heterocycles. The summed E-state index contributed by atoms with van der Waals surface area (Å²) in [7, 11) is 0. The average molecular weight is 215 g/mol. The van der Waals surface area contributed by atoms with E-state index in [-0.39, 0.29) is 12.4 Å². The molecule has 7 heteroatoms. The molecule has 0 amide bonds. The van der Waals surface area contributed by atoms with E-state index in [2.05, 4.69) is 0 Å². The highest BCUT2D eigenvalue weighted by molar-refractivity contribution is 5.85. The van der Waals surface area contributed by atoms with Crippen LogP contribution in [0.15, 0.2) is 0 Å². The van der Waals surface area contributed by atoms with Gasteiger partial charge in [-0.15, -0.1) is 12.4 Å². The Hall–Kier alpha value is -0.240. The van der Waals surface area contributed by atoms with Gasteiger partial charge in [0.1, 0.15) is 12.4 Å². The summed E-state index contributed by atoms with van der Waals surface area (Å²) in [4.78, 5) is 10.1. The second-order valence-electron chi connectivity index (χ2n) is 2.53. The van der Waals surface area contributed by atoms with E-state index in [9.17, 15) is 4.79 Å². The fraction of sp³-hybridized carbons (Fsp3) is 0.833. The number of hydrogen-bond acceptors (Lipinski definition) is 6. The van der Waals surface area contributed by atoms with Gasteiger partial charge in [-0.1, -0.05) is 0 Å². The summed E-state index contributed by atoms with van der Waals surface area (Å²) in [5, 5.41) is 26.4. The van der Waals surface area contributed by atoms with E-state index in [1.807, 2.05) is 0 Å². The van der Waals surface area contributed by atoms with E-state index in [0.717, 1.165) is 0 Å². The number of carbonyl (C=O) groups is 1. The third kappa shape index (κ3) is 4.51. The quantitative estimate of drug-likeness (QED) is 0.310. The van der Waals surface area contributed by atoms with E-state index in [0.29, 0.717) is 6.29 Å². The van der Waals surface area contributed by atoms with E-state index < -0.39 is 30.9 Å². The zero-order chi connectivity index (χ0) is 9.72. The van der Waals surface area contributed by atoms with Crippen LogP contribution in [0.4, 0.5) is 0 Å². The third-order valence-electron chi connectivity index (χ3n) is 1.58. The van der Waals surface area contributed by atoms with Crippen molar-refractivity contribution in [2.75, 3.05) is 6.61 Å². The highest BCUT2D eigenvalue weighted by Crippen LogP contribution is 1.99. The Labute approximate surface area is 81.9 Å². The lowest BCUT2D eigenvalue weighted by Crippen LogP contribution is -2.55. The Morgan fingerprint density at radius 3 is 2.08 bits per heavy atom. The first-order valence-corrected chi connectivity index (χ1v) is 3.48. The van der Waals surface area contributed by atoms with Gasteiger partial charge in [-0.05, 0) is 0 Å². The number of nitrogens with two attached hydrogens (primary N) is 2. The maximum Gasteiger partial charge on any atom is 0.138 e. The van der Waals surface area contributed by atoms with Crippen LogP contribution in [0.5, 0.6) is 0 Å². The van der Waals surface area contributed by atoms with E-state index in [1.165, 1.54) is 0 Å². The Morgan fingerprint density at radius 1 is 1.31 bits per heavy atom. The van der Waals surface area contributed by atoms with Crippen molar-refractivity contribution >= 4 is 18.7 Å². The van der Waals surface area contributed by atoms with Gasteiger partial charge in [-0.25, -0.2) is 0 Å². The van der Waals surface area contributed by atoms with Crippen LogP contribution in [0, 0.1) is 0 Å². The molecule has 0 aromatic carbocycles. The standard InChI is InChI=1S/C6H14N2O4.ClH/c7-3(1-9)5(8)6(12)4(11)2-10;/h1,3-6,10-12H,2,7-8H2;1H/t3-,4-,5+,6-;/m1./s1. The van der Waals surface area contributed by atoms with Crippen LogP contribution in [0.2, 0.25) is 0 Å². The molecule has 0 unspecified atom stereocenters. The van der Waals surface area contributed by atoms with Crippen molar-refractivity contribution in [2.24, 2.45) is 11.5 Å². The fourth-order valence-corrected chi connectivity index (χ4v) is 0.683. The lowest BCUT2D eigenvalue weighted by Gasteiger charge is -2.24. The van der Waals surface area contributed by atoms with Crippen LogP contribution in [0.1, 0.15) is 0 Å². The minimum absolute atomic E-state index is 0. The van der Waals surface area contributed by atoms with Crippen molar-refractivity contribution in [2.45, 2.75) is 24.3 Å². The van der Waals surface area contributed by atoms with Gasteiger partial charge < -0.3 is 31.6 Å². The van der Waals surface area contributed by atoms with Crippen molar-refractivity contribution in [1.82, 2.24) is 0 Å². The molecule has 4 atom stereocenters. The summed E-state index contributed by atoms with van der Waals surface area (Å²) >= 11 is 0. The topological polar surface area (TPSA) is 130 Å². The first kappa shape index (κ1) is 15.2. The normalized spacial score (nSPS) is 19.5. The van der Waals surface area contributed by atoms with Crippen molar-refractivity contribution in [3.63, 3.8) is 0 Å². The van der Waals surface area contributed by atoms with Crippen molar-refractivity contribution in [1.29, 1.82) is 0 Å². The van der Waals surface area contributed by atoms with Crippen LogP contribution in [-0.2, 0) is 4.79 Å². The molecular weight excluding hydrogens is 200 g/mol. The number of aliphatic hydroxyl groups excluding tert-OH is 3. The minimum atomic E-state index is -1.39. The largest absolute Gasteiger partial charge is 0.394 e. The maximum atomic E-state index is 10.1. The van der Waals surface area contributed by atoms with Gasteiger partial charge in [0.15, 0.2) is 0 Å². The molecule has 0 aromatic rings. The molecule has 0 saturated heterocycles. The molecule has 0 heterocycles. The predicted octanol–water partition coefficient (Wildman–Crippen LogP) is -3.02. The van der Waals surface area contributed by atoms with Gasteiger partial charge in [-0.3, -0.25) is 0 Å². The van der Waals surface area contributed by atoms with Crippen LogP contribution in [-0.4, -0.2) is 52.5 Å². The summed E-state index contributed by atoms with van der Waals surface area (Å²) < 4.78 is 0. The Morgan fingerprint density at radius 2 is 1.77 bits per heavy atom. The van der Waals surface area contributed by atoms with Crippen LogP contribution in [0.25, 0.3) is 0 Å². The lowest BCUT2D eigenvalue weighted by molar-refractivity contribution is -0.110. The van der Waals surface area contributed by atoms with Crippen molar-refractivity contribution in [3.8, 4) is 0 Å². The van der Waals surface area contributed by atoms with E-state index in [1.54, 1.807) is 0 Å². The summed E-state index contributed by atoms with van der Waals surface area (Å²) in [6, 6.07) is -2.11. The molecule has 0 aliphatic rings. The Bertz CT molecular complexity index is 149. The SMILES string of the molecule is Cl.N[C@H]([C@H](O)[C@H](O)CO)[C@H](N)C=O. The second kappa shape index (κ2) is 7.19. The highest BCUT2D eigenvalue weighted by Gasteiger charge is 2.27. The molecule has 0 spiro atoms. The summed E-state index contributed by atoms with van der Waals surface area (Å²) in [5.74, 6) is 0. The monoisotopic (exact) mass is 214 g/mol. The van der Waals surface area contributed by atoms with E-state index >= 15 is 0 Å². The molecule has 0 saturated carbocycles. The zero-order valence-electron chi connectivity index (χ0n) is 6.91. The van der Waals surface area contributed by atoms with Gasteiger partial charge >= 0.3 is 0 Å². The first-order valence-electron chi connectivity index (χ1n) is 3.48. The molecule has 80 valence electrons. The van der Waals surface area contributed by atoms with Crippen LogP contribution >= 0.6 is 12.4 Å².